The van der Waals surface area contributed by atoms with Crippen molar-refractivity contribution in [2.24, 2.45) is 5.73 Å². The highest BCUT2D eigenvalue weighted by Gasteiger charge is 2.05. The molecule has 0 saturated heterocycles. The molecule has 0 aliphatic rings. The van der Waals surface area contributed by atoms with Crippen LogP contribution in [0.25, 0.3) is 0 Å². The maximum atomic E-state index is 13.5. The lowest BCUT2D eigenvalue weighted by Crippen LogP contribution is -2.04. The van der Waals surface area contributed by atoms with Crippen LogP contribution in [0.2, 0.25) is 0 Å². The minimum absolute atomic E-state index is 0.0187. The third-order valence-corrected chi connectivity index (χ3v) is 2.72. The first-order valence-corrected chi connectivity index (χ1v) is 5.86. The third kappa shape index (κ3) is 2.87. The van der Waals surface area contributed by atoms with Gasteiger partial charge in [0.05, 0.1) is 0 Å². The number of hydrogen-bond donors (Lipinski definition) is 1. The largest absolute Gasteiger partial charge is 0.454 e. The molecule has 94 valence electrons. The van der Waals surface area contributed by atoms with Crippen LogP contribution in [0.4, 0.5) is 4.39 Å². The van der Waals surface area contributed by atoms with Crippen molar-refractivity contribution >= 4 is 0 Å². The zero-order valence-corrected chi connectivity index (χ0v) is 10.5. The van der Waals surface area contributed by atoms with Gasteiger partial charge in [-0.2, -0.15) is 0 Å². The Morgan fingerprint density at radius 3 is 2.39 bits per heavy atom. The van der Waals surface area contributed by atoms with E-state index in [0.29, 0.717) is 5.75 Å². The summed E-state index contributed by atoms with van der Waals surface area (Å²) in [6, 6.07) is 12.1. The molecular formula is C15H16FNO. The molecule has 2 rings (SSSR count). The van der Waals surface area contributed by atoms with Gasteiger partial charge >= 0.3 is 0 Å². The van der Waals surface area contributed by atoms with Crippen molar-refractivity contribution in [2.75, 3.05) is 0 Å². The smallest absolute Gasteiger partial charge is 0.165 e. The van der Waals surface area contributed by atoms with Crippen LogP contribution in [-0.4, -0.2) is 0 Å². The molecule has 0 heterocycles. The van der Waals surface area contributed by atoms with Crippen LogP contribution in [-0.2, 0) is 0 Å². The van der Waals surface area contributed by atoms with E-state index in [4.69, 9.17) is 10.5 Å². The van der Waals surface area contributed by atoms with Crippen LogP contribution >= 0.6 is 0 Å². The second-order valence-electron chi connectivity index (χ2n) is 4.39. The summed E-state index contributed by atoms with van der Waals surface area (Å²) in [7, 11) is 0. The molecule has 1 atom stereocenters. The molecule has 0 aliphatic heterocycles. The van der Waals surface area contributed by atoms with Gasteiger partial charge in [-0.3, -0.25) is 0 Å². The number of hydrogen-bond acceptors (Lipinski definition) is 2. The quantitative estimate of drug-likeness (QED) is 0.888. The molecule has 0 amide bonds. The number of ether oxygens (including phenoxy) is 1. The Bertz CT molecular complexity index is 535. The van der Waals surface area contributed by atoms with Crippen LogP contribution in [0.5, 0.6) is 11.5 Å². The standard InChI is InChI=1S/C15H16FNO/c1-10-3-8-14(16)15(9-10)18-13-6-4-12(5-7-13)11(2)17/h3-9,11H,17H2,1-2H3/t11-/m0/s1. The molecule has 3 heteroatoms. The van der Waals surface area contributed by atoms with E-state index in [1.807, 2.05) is 26.0 Å². The molecule has 0 radical (unpaired) electrons. The SMILES string of the molecule is Cc1ccc(F)c(Oc2ccc([C@H](C)N)cc2)c1. The van der Waals surface area contributed by atoms with E-state index in [-0.39, 0.29) is 17.6 Å². The van der Waals surface area contributed by atoms with Gasteiger partial charge in [-0.25, -0.2) is 4.39 Å². The maximum absolute atomic E-state index is 13.5. The summed E-state index contributed by atoms with van der Waals surface area (Å²) >= 11 is 0. The zero-order chi connectivity index (χ0) is 13.1. The Morgan fingerprint density at radius 1 is 1.11 bits per heavy atom. The summed E-state index contributed by atoms with van der Waals surface area (Å²) in [6.07, 6.45) is 0. The van der Waals surface area contributed by atoms with E-state index >= 15 is 0 Å². The van der Waals surface area contributed by atoms with Crippen LogP contribution in [0.1, 0.15) is 24.1 Å². The summed E-state index contributed by atoms with van der Waals surface area (Å²) in [5.41, 5.74) is 7.74. The van der Waals surface area contributed by atoms with Crippen molar-refractivity contribution in [3.63, 3.8) is 0 Å². The summed E-state index contributed by atoms with van der Waals surface area (Å²) in [6.45, 7) is 3.81. The van der Waals surface area contributed by atoms with E-state index < -0.39 is 0 Å². The Labute approximate surface area is 106 Å². The molecule has 2 aromatic carbocycles. The molecule has 0 spiro atoms. The first-order chi connectivity index (χ1) is 8.56. The first-order valence-electron chi connectivity index (χ1n) is 5.86. The van der Waals surface area contributed by atoms with E-state index in [9.17, 15) is 4.39 Å². The van der Waals surface area contributed by atoms with Crippen LogP contribution in [0, 0.1) is 12.7 Å². The van der Waals surface area contributed by atoms with Gasteiger partial charge < -0.3 is 10.5 Å². The Hall–Kier alpha value is -1.87. The second-order valence-corrected chi connectivity index (χ2v) is 4.39. The normalized spacial score (nSPS) is 12.2. The van der Waals surface area contributed by atoms with Crippen LogP contribution in [0.15, 0.2) is 42.5 Å². The van der Waals surface area contributed by atoms with Crippen molar-refractivity contribution in [3.05, 3.63) is 59.4 Å². The fourth-order valence-electron chi connectivity index (χ4n) is 1.66. The molecule has 0 saturated carbocycles. The molecule has 2 N–H and O–H groups in total. The first kappa shape index (κ1) is 12.6. The second kappa shape index (κ2) is 5.19. The van der Waals surface area contributed by atoms with Crippen molar-refractivity contribution < 1.29 is 9.13 Å². The molecule has 0 aromatic heterocycles. The van der Waals surface area contributed by atoms with E-state index in [1.54, 1.807) is 24.3 Å². The minimum Gasteiger partial charge on any atom is -0.454 e. The van der Waals surface area contributed by atoms with Crippen LogP contribution in [0.3, 0.4) is 0 Å². The maximum Gasteiger partial charge on any atom is 0.165 e. The van der Waals surface area contributed by atoms with Crippen molar-refractivity contribution in [1.82, 2.24) is 0 Å². The summed E-state index contributed by atoms with van der Waals surface area (Å²) < 4.78 is 19.0. The Kier molecular flexibility index (Phi) is 3.63. The fraction of sp³-hybridized carbons (Fsp3) is 0.200. The summed E-state index contributed by atoms with van der Waals surface area (Å²) in [4.78, 5) is 0. The van der Waals surface area contributed by atoms with Crippen molar-refractivity contribution in [3.8, 4) is 11.5 Å². The van der Waals surface area contributed by atoms with Gasteiger partial charge in [0.25, 0.3) is 0 Å². The lowest BCUT2D eigenvalue weighted by Gasteiger charge is -2.09. The van der Waals surface area contributed by atoms with Crippen LogP contribution < -0.4 is 10.5 Å². The van der Waals surface area contributed by atoms with Gasteiger partial charge in [-0.1, -0.05) is 18.2 Å². The predicted octanol–water partition coefficient (Wildman–Crippen LogP) is 3.95. The topological polar surface area (TPSA) is 35.2 Å². The Morgan fingerprint density at radius 2 is 1.78 bits per heavy atom. The average molecular weight is 245 g/mol. The van der Waals surface area contributed by atoms with Gasteiger partial charge in [0, 0.05) is 6.04 Å². The molecule has 18 heavy (non-hydrogen) atoms. The summed E-state index contributed by atoms with van der Waals surface area (Å²) in [5.74, 6) is 0.476. The molecule has 0 aliphatic carbocycles. The van der Waals surface area contributed by atoms with Gasteiger partial charge in [-0.15, -0.1) is 0 Å². The molecule has 2 aromatic rings. The lowest BCUT2D eigenvalue weighted by atomic mass is 10.1. The van der Waals surface area contributed by atoms with Gasteiger partial charge in [0.15, 0.2) is 11.6 Å². The average Bonchev–Trinajstić information content (AvgIpc) is 2.34. The minimum atomic E-state index is -0.364. The van der Waals surface area contributed by atoms with E-state index in [1.165, 1.54) is 6.07 Å². The lowest BCUT2D eigenvalue weighted by molar-refractivity contribution is 0.441. The number of benzene rings is 2. The van der Waals surface area contributed by atoms with Gasteiger partial charge in [0.1, 0.15) is 5.75 Å². The molecule has 2 nitrogen and oxygen atoms in total. The number of halogens is 1. The molecule has 0 bridgehead atoms. The van der Waals surface area contributed by atoms with Gasteiger partial charge in [-0.05, 0) is 49.2 Å². The predicted molar refractivity (Wildman–Crippen MR) is 70.3 cm³/mol. The number of nitrogens with two attached hydrogens (primary N) is 1. The third-order valence-electron chi connectivity index (χ3n) is 2.72. The van der Waals surface area contributed by atoms with E-state index in [2.05, 4.69) is 0 Å². The molecule has 0 unspecified atom stereocenters. The number of rotatable bonds is 3. The Balaban J connectivity index is 2.21. The highest BCUT2D eigenvalue weighted by molar-refractivity contribution is 5.36. The van der Waals surface area contributed by atoms with E-state index in [0.717, 1.165) is 11.1 Å². The molecular weight excluding hydrogens is 229 g/mol. The highest BCUT2D eigenvalue weighted by atomic mass is 19.1. The summed E-state index contributed by atoms with van der Waals surface area (Å²) in [5, 5.41) is 0. The van der Waals surface area contributed by atoms with Crippen molar-refractivity contribution in [1.29, 1.82) is 0 Å². The number of aryl methyl sites for hydroxylation is 1. The fourth-order valence-corrected chi connectivity index (χ4v) is 1.66. The highest BCUT2D eigenvalue weighted by Crippen LogP contribution is 2.26. The zero-order valence-electron chi connectivity index (χ0n) is 10.5. The monoisotopic (exact) mass is 245 g/mol. The van der Waals surface area contributed by atoms with Crippen molar-refractivity contribution in [2.45, 2.75) is 19.9 Å². The molecule has 0 fully saturated rings. The van der Waals surface area contributed by atoms with Gasteiger partial charge in [0.2, 0.25) is 0 Å².